The molecule has 2 rings (SSSR count). The molecule has 0 saturated carbocycles. The van der Waals surface area contributed by atoms with Gasteiger partial charge in [-0.1, -0.05) is 35.0 Å². The van der Waals surface area contributed by atoms with Gasteiger partial charge < -0.3 is 0 Å². The summed E-state index contributed by atoms with van der Waals surface area (Å²) in [5.41, 5.74) is 3.93. The van der Waals surface area contributed by atoms with Gasteiger partial charge in [0, 0.05) is 11.3 Å². The molecular formula is C7H4Cl2N2OS2. The van der Waals surface area contributed by atoms with E-state index in [9.17, 15) is 4.79 Å². The summed E-state index contributed by atoms with van der Waals surface area (Å²) in [6.45, 7) is 0. The normalized spacial score (nSPS) is 16.4. The van der Waals surface area contributed by atoms with E-state index in [0.29, 0.717) is 14.4 Å². The van der Waals surface area contributed by atoms with Crippen LogP contribution in [0.1, 0.15) is 5.56 Å². The number of hydrazone groups is 1. The molecule has 1 aromatic heterocycles. The Bertz CT molecular complexity index is 416. The average molecular weight is 267 g/mol. The summed E-state index contributed by atoms with van der Waals surface area (Å²) < 4.78 is 1.22. The van der Waals surface area contributed by atoms with Crippen molar-refractivity contribution in [3.8, 4) is 0 Å². The maximum Gasteiger partial charge on any atom is 0.299 e. The Morgan fingerprint density at radius 2 is 2.29 bits per heavy atom. The van der Waals surface area contributed by atoms with Crippen LogP contribution in [0, 0.1) is 0 Å². The van der Waals surface area contributed by atoms with Crippen LogP contribution in [0.25, 0.3) is 0 Å². The molecule has 0 bridgehead atoms. The van der Waals surface area contributed by atoms with Gasteiger partial charge in [0.05, 0.1) is 10.0 Å². The second-order valence-corrected chi connectivity index (χ2v) is 5.72. The van der Waals surface area contributed by atoms with E-state index in [1.165, 1.54) is 11.3 Å². The number of halogens is 2. The average Bonchev–Trinajstić information content (AvgIpc) is 2.47. The number of amides is 1. The molecule has 14 heavy (non-hydrogen) atoms. The van der Waals surface area contributed by atoms with Crippen LogP contribution in [0.15, 0.2) is 11.2 Å². The predicted octanol–water partition coefficient (Wildman–Crippen LogP) is 3.22. The zero-order chi connectivity index (χ0) is 10.1. The number of nitrogens with zero attached hydrogens (tertiary/aromatic N) is 1. The molecule has 1 amide bonds. The molecule has 0 fully saturated rings. The third-order valence-corrected chi connectivity index (χ3v) is 3.85. The first-order valence-electron chi connectivity index (χ1n) is 3.61. The van der Waals surface area contributed by atoms with Gasteiger partial charge in [-0.05, 0) is 6.07 Å². The standard InChI is InChI=1S/C7H4Cl2N2OS2/c8-5-1-3(6(9)14-5)4-2-13-7(12)11-10-4/h1H,2H2,(H,11,12). The van der Waals surface area contributed by atoms with Crippen LogP contribution >= 0.6 is 46.3 Å². The van der Waals surface area contributed by atoms with Crippen LogP contribution in [-0.4, -0.2) is 16.7 Å². The maximum atomic E-state index is 10.8. The molecule has 0 radical (unpaired) electrons. The summed E-state index contributed by atoms with van der Waals surface area (Å²) in [5.74, 6) is 0.526. The summed E-state index contributed by atoms with van der Waals surface area (Å²) in [6, 6.07) is 1.76. The lowest BCUT2D eigenvalue weighted by molar-refractivity contribution is 0.261. The lowest BCUT2D eigenvalue weighted by Gasteiger charge is -2.09. The minimum absolute atomic E-state index is 0.147. The first-order valence-corrected chi connectivity index (χ1v) is 6.17. The van der Waals surface area contributed by atoms with Gasteiger partial charge in [0.2, 0.25) is 0 Å². The summed E-state index contributed by atoms with van der Waals surface area (Å²) in [7, 11) is 0. The minimum atomic E-state index is -0.147. The molecule has 7 heteroatoms. The van der Waals surface area contributed by atoms with E-state index in [0.717, 1.165) is 23.0 Å². The second kappa shape index (κ2) is 4.10. The number of hydrogen-bond acceptors (Lipinski definition) is 4. The largest absolute Gasteiger partial charge is 0.299 e. The van der Waals surface area contributed by atoms with E-state index in [2.05, 4.69) is 10.5 Å². The fourth-order valence-corrected chi connectivity index (χ4v) is 3.09. The summed E-state index contributed by atoms with van der Waals surface area (Å²) in [6.07, 6.45) is 0. The van der Waals surface area contributed by atoms with Crippen molar-refractivity contribution in [2.45, 2.75) is 0 Å². The summed E-state index contributed by atoms with van der Waals surface area (Å²) >= 11 is 14.2. The Hall–Kier alpha value is -0.230. The molecule has 1 aromatic rings. The zero-order valence-corrected chi connectivity index (χ0v) is 9.86. The van der Waals surface area contributed by atoms with Gasteiger partial charge in [-0.15, -0.1) is 11.3 Å². The highest BCUT2D eigenvalue weighted by Crippen LogP contribution is 2.32. The van der Waals surface area contributed by atoms with Crippen molar-refractivity contribution in [1.29, 1.82) is 0 Å². The number of thioether (sulfide) groups is 1. The second-order valence-electron chi connectivity index (χ2n) is 2.48. The highest BCUT2D eigenvalue weighted by molar-refractivity contribution is 8.14. The van der Waals surface area contributed by atoms with Crippen molar-refractivity contribution in [3.05, 3.63) is 20.3 Å². The fraction of sp³-hybridized carbons (Fsp3) is 0.143. The van der Waals surface area contributed by atoms with Crippen molar-refractivity contribution < 1.29 is 4.79 Å². The number of nitrogens with one attached hydrogen (secondary N) is 1. The van der Waals surface area contributed by atoms with Crippen LogP contribution in [0.5, 0.6) is 0 Å². The first kappa shape index (κ1) is 10.3. The van der Waals surface area contributed by atoms with Crippen molar-refractivity contribution in [3.63, 3.8) is 0 Å². The van der Waals surface area contributed by atoms with Crippen LogP contribution < -0.4 is 5.43 Å². The van der Waals surface area contributed by atoms with Gasteiger partial charge in [0.1, 0.15) is 4.34 Å². The Labute approximate surface area is 98.5 Å². The highest BCUT2D eigenvalue weighted by atomic mass is 35.5. The van der Waals surface area contributed by atoms with Crippen molar-refractivity contribution in [2.24, 2.45) is 5.10 Å². The van der Waals surface area contributed by atoms with Gasteiger partial charge in [0.15, 0.2) is 0 Å². The Morgan fingerprint density at radius 1 is 1.50 bits per heavy atom. The Balaban J connectivity index is 2.31. The molecule has 1 N–H and O–H groups in total. The van der Waals surface area contributed by atoms with Gasteiger partial charge in [-0.2, -0.15) is 5.10 Å². The van der Waals surface area contributed by atoms with Crippen molar-refractivity contribution in [1.82, 2.24) is 5.43 Å². The van der Waals surface area contributed by atoms with E-state index in [-0.39, 0.29) is 5.24 Å². The van der Waals surface area contributed by atoms with E-state index in [4.69, 9.17) is 23.2 Å². The van der Waals surface area contributed by atoms with Crippen LogP contribution in [0.2, 0.25) is 8.67 Å². The minimum Gasteiger partial charge on any atom is -0.260 e. The monoisotopic (exact) mass is 266 g/mol. The molecule has 3 nitrogen and oxygen atoms in total. The number of carbonyl (C=O) groups is 1. The summed E-state index contributed by atoms with van der Waals surface area (Å²) in [5, 5.41) is 3.77. The van der Waals surface area contributed by atoms with Gasteiger partial charge in [-0.3, -0.25) is 4.79 Å². The molecule has 0 atom stereocenters. The number of thiophene rings is 1. The smallest absolute Gasteiger partial charge is 0.260 e. The fourth-order valence-electron chi connectivity index (χ4n) is 0.987. The lowest BCUT2D eigenvalue weighted by Crippen LogP contribution is -2.23. The number of hydrogen-bond donors (Lipinski definition) is 1. The molecule has 0 spiro atoms. The molecule has 1 aliphatic heterocycles. The van der Waals surface area contributed by atoms with Crippen molar-refractivity contribution in [2.75, 3.05) is 5.75 Å². The number of carbonyl (C=O) groups excluding carboxylic acids is 1. The highest BCUT2D eigenvalue weighted by Gasteiger charge is 2.18. The molecule has 0 unspecified atom stereocenters. The SMILES string of the molecule is O=C1NN=C(c2cc(Cl)sc2Cl)CS1. The van der Waals surface area contributed by atoms with Gasteiger partial charge >= 0.3 is 0 Å². The van der Waals surface area contributed by atoms with E-state index in [1.807, 2.05) is 0 Å². The van der Waals surface area contributed by atoms with Crippen LogP contribution in [-0.2, 0) is 0 Å². The quantitative estimate of drug-likeness (QED) is 0.848. The van der Waals surface area contributed by atoms with E-state index in [1.54, 1.807) is 6.07 Å². The van der Waals surface area contributed by atoms with Gasteiger partial charge in [-0.25, -0.2) is 5.43 Å². The lowest BCUT2D eigenvalue weighted by atomic mass is 10.2. The number of rotatable bonds is 1. The Kier molecular flexibility index (Phi) is 3.02. The third-order valence-electron chi connectivity index (χ3n) is 1.59. The predicted molar refractivity (Wildman–Crippen MR) is 61.9 cm³/mol. The molecular weight excluding hydrogens is 263 g/mol. The molecule has 0 saturated heterocycles. The van der Waals surface area contributed by atoms with E-state index >= 15 is 0 Å². The Morgan fingerprint density at radius 3 is 2.79 bits per heavy atom. The molecule has 0 aromatic carbocycles. The molecule has 2 heterocycles. The van der Waals surface area contributed by atoms with E-state index < -0.39 is 0 Å². The zero-order valence-electron chi connectivity index (χ0n) is 6.71. The first-order chi connectivity index (χ1) is 6.66. The molecule has 0 aliphatic carbocycles. The molecule has 74 valence electrons. The maximum absolute atomic E-state index is 10.8. The molecule has 1 aliphatic rings. The topological polar surface area (TPSA) is 41.5 Å². The van der Waals surface area contributed by atoms with Crippen LogP contribution in [0.3, 0.4) is 0 Å². The third kappa shape index (κ3) is 2.06. The van der Waals surface area contributed by atoms with Crippen molar-refractivity contribution >= 4 is 57.3 Å². The summed E-state index contributed by atoms with van der Waals surface area (Å²) in [4.78, 5) is 10.8. The van der Waals surface area contributed by atoms with Gasteiger partial charge in [0.25, 0.3) is 5.24 Å². The van der Waals surface area contributed by atoms with Crippen LogP contribution in [0.4, 0.5) is 4.79 Å².